The lowest BCUT2D eigenvalue weighted by atomic mass is 10.2. The van der Waals surface area contributed by atoms with Crippen LogP contribution in [0.3, 0.4) is 0 Å². The minimum atomic E-state index is -1.18. The number of anilines is 1. The van der Waals surface area contributed by atoms with Crippen LogP contribution in [0.4, 0.5) is 10.1 Å². The van der Waals surface area contributed by atoms with Crippen LogP contribution in [0.25, 0.3) is 0 Å². The number of nitrogens with zero attached hydrogens (tertiary/aromatic N) is 1. The van der Waals surface area contributed by atoms with Gasteiger partial charge in [0.1, 0.15) is 5.82 Å². The maximum atomic E-state index is 13.1. The van der Waals surface area contributed by atoms with Crippen LogP contribution in [0.2, 0.25) is 0 Å². The molecule has 0 spiro atoms. The van der Waals surface area contributed by atoms with Crippen molar-refractivity contribution in [3.63, 3.8) is 0 Å². The highest BCUT2D eigenvalue weighted by Gasteiger charge is 2.23. The number of amides is 1. The molecule has 2 rings (SSSR count). The number of hydrogen-bond donors (Lipinski definition) is 1. The smallest absolute Gasteiger partial charge is 0.328 e. The van der Waals surface area contributed by atoms with E-state index < -0.39 is 17.7 Å². The van der Waals surface area contributed by atoms with Crippen molar-refractivity contribution < 1.29 is 19.1 Å². The quantitative estimate of drug-likeness (QED) is 0.787. The normalized spacial score (nSPS) is 14.1. The van der Waals surface area contributed by atoms with Crippen molar-refractivity contribution in [3.8, 4) is 0 Å². The largest absolute Gasteiger partial charge is 0.478 e. The fourth-order valence-electron chi connectivity index (χ4n) is 1.81. The number of carbonyl (C=O) groups excluding carboxylic acids is 1. The lowest BCUT2D eigenvalue weighted by molar-refractivity contribution is -0.131. The maximum Gasteiger partial charge on any atom is 0.328 e. The van der Waals surface area contributed by atoms with Gasteiger partial charge in [-0.05, 0) is 24.1 Å². The first-order chi connectivity index (χ1) is 8.08. The lowest BCUT2D eigenvalue weighted by Crippen LogP contribution is -2.27. The SMILES string of the molecule is O=C(O)/C=C/C(=O)N1CCc2ccc(F)cc21. The molecule has 1 aliphatic heterocycles. The van der Waals surface area contributed by atoms with Gasteiger partial charge < -0.3 is 10.0 Å². The highest BCUT2D eigenvalue weighted by Crippen LogP contribution is 2.28. The molecule has 88 valence electrons. The molecule has 1 aromatic carbocycles. The molecule has 0 unspecified atom stereocenters. The molecule has 0 fully saturated rings. The van der Waals surface area contributed by atoms with Crippen molar-refractivity contribution in [1.82, 2.24) is 0 Å². The molecule has 0 aromatic heterocycles. The monoisotopic (exact) mass is 235 g/mol. The average molecular weight is 235 g/mol. The first-order valence-electron chi connectivity index (χ1n) is 5.09. The van der Waals surface area contributed by atoms with Crippen molar-refractivity contribution in [2.75, 3.05) is 11.4 Å². The fourth-order valence-corrected chi connectivity index (χ4v) is 1.81. The molecule has 1 heterocycles. The first kappa shape index (κ1) is 11.3. The fraction of sp³-hybridized carbons (Fsp3) is 0.167. The Labute approximate surface area is 97.0 Å². The third-order valence-corrected chi connectivity index (χ3v) is 2.58. The van der Waals surface area contributed by atoms with Gasteiger partial charge in [0.05, 0.1) is 5.69 Å². The van der Waals surface area contributed by atoms with Gasteiger partial charge in [-0.3, -0.25) is 4.79 Å². The van der Waals surface area contributed by atoms with Crippen molar-refractivity contribution in [2.45, 2.75) is 6.42 Å². The third kappa shape index (κ3) is 2.33. The summed E-state index contributed by atoms with van der Waals surface area (Å²) in [6.45, 7) is 0.446. The molecule has 0 bridgehead atoms. The number of halogens is 1. The van der Waals surface area contributed by atoms with Crippen LogP contribution >= 0.6 is 0 Å². The molecular formula is C12H10FNO3. The Balaban J connectivity index is 2.24. The van der Waals surface area contributed by atoms with E-state index in [1.807, 2.05) is 0 Å². The molecule has 0 aliphatic carbocycles. The Morgan fingerprint density at radius 3 is 2.82 bits per heavy atom. The van der Waals surface area contributed by atoms with Crippen LogP contribution in [0.5, 0.6) is 0 Å². The van der Waals surface area contributed by atoms with Gasteiger partial charge in [0, 0.05) is 18.7 Å². The minimum Gasteiger partial charge on any atom is -0.478 e. The minimum absolute atomic E-state index is 0.411. The second-order valence-electron chi connectivity index (χ2n) is 3.68. The Morgan fingerprint density at radius 1 is 1.35 bits per heavy atom. The highest BCUT2D eigenvalue weighted by molar-refractivity contribution is 6.05. The number of benzene rings is 1. The van der Waals surface area contributed by atoms with Crippen LogP contribution in [0, 0.1) is 5.82 Å². The Hall–Kier alpha value is -2.17. The van der Waals surface area contributed by atoms with Crippen LogP contribution in [-0.4, -0.2) is 23.5 Å². The molecule has 1 aliphatic rings. The zero-order chi connectivity index (χ0) is 12.4. The topological polar surface area (TPSA) is 57.6 Å². The van der Waals surface area contributed by atoms with Crippen LogP contribution < -0.4 is 4.90 Å². The van der Waals surface area contributed by atoms with Gasteiger partial charge in [0.25, 0.3) is 5.91 Å². The molecule has 17 heavy (non-hydrogen) atoms. The van der Waals surface area contributed by atoms with E-state index in [1.54, 1.807) is 6.07 Å². The van der Waals surface area contributed by atoms with Gasteiger partial charge in [-0.25, -0.2) is 9.18 Å². The number of carboxylic acid groups (broad SMARTS) is 1. The van der Waals surface area contributed by atoms with Crippen molar-refractivity contribution in [3.05, 3.63) is 41.7 Å². The average Bonchev–Trinajstić information content (AvgIpc) is 2.68. The van der Waals surface area contributed by atoms with E-state index in [-0.39, 0.29) is 0 Å². The molecule has 1 aromatic rings. The summed E-state index contributed by atoms with van der Waals surface area (Å²) in [5, 5.41) is 8.43. The van der Waals surface area contributed by atoms with Crippen molar-refractivity contribution >= 4 is 17.6 Å². The molecule has 5 heteroatoms. The second kappa shape index (κ2) is 4.37. The Kier molecular flexibility index (Phi) is 2.91. The van der Waals surface area contributed by atoms with Crippen LogP contribution in [-0.2, 0) is 16.0 Å². The standard InChI is InChI=1S/C12H10FNO3/c13-9-2-1-8-5-6-14(10(8)7-9)11(15)3-4-12(16)17/h1-4,7H,5-6H2,(H,16,17)/b4-3+. The summed E-state index contributed by atoms with van der Waals surface area (Å²) in [6.07, 6.45) is 2.41. The summed E-state index contributed by atoms with van der Waals surface area (Å²) in [5.41, 5.74) is 1.41. The molecule has 0 atom stereocenters. The van der Waals surface area contributed by atoms with Crippen molar-refractivity contribution in [2.24, 2.45) is 0 Å². The van der Waals surface area contributed by atoms with E-state index in [4.69, 9.17) is 5.11 Å². The number of carboxylic acids is 1. The summed E-state index contributed by atoms with van der Waals surface area (Å²) in [6, 6.07) is 4.27. The molecule has 0 saturated carbocycles. The Bertz CT molecular complexity index is 510. The third-order valence-electron chi connectivity index (χ3n) is 2.58. The van der Waals surface area contributed by atoms with Gasteiger partial charge >= 0.3 is 5.97 Å². The summed E-state index contributed by atoms with van der Waals surface area (Å²) in [5.74, 6) is -2.04. The van der Waals surface area contributed by atoms with E-state index in [0.717, 1.165) is 17.7 Å². The van der Waals surface area contributed by atoms with Crippen molar-refractivity contribution in [1.29, 1.82) is 0 Å². The van der Waals surface area contributed by atoms with Gasteiger partial charge in [-0.15, -0.1) is 0 Å². The number of rotatable bonds is 2. The molecule has 0 saturated heterocycles. The van der Waals surface area contributed by atoms with E-state index in [0.29, 0.717) is 18.7 Å². The first-order valence-corrected chi connectivity index (χ1v) is 5.09. The van der Waals surface area contributed by atoms with Gasteiger partial charge in [-0.1, -0.05) is 6.07 Å². The second-order valence-corrected chi connectivity index (χ2v) is 3.68. The number of carbonyl (C=O) groups is 2. The van der Waals surface area contributed by atoms with E-state index >= 15 is 0 Å². The van der Waals surface area contributed by atoms with Crippen LogP contribution in [0.1, 0.15) is 5.56 Å². The zero-order valence-corrected chi connectivity index (χ0v) is 8.89. The van der Waals surface area contributed by atoms with E-state index in [2.05, 4.69) is 0 Å². The van der Waals surface area contributed by atoms with Crippen LogP contribution in [0.15, 0.2) is 30.4 Å². The molecule has 4 nitrogen and oxygen atoms in total. The summed E-state index contributed by atoms with van der Waals surface area (Å²) in [4.78, 5) is 23.4. The molecule has 0 radical (unpaired) electrons. The molecule has 1 N–H and O–H groups in total. The number of aliphatic carboxylic acids is 1. The van der Waals surface area contributed by atoms with E-state index in [1.165, 1.54) is 17.0 Å². The highest BCUT2D eigenvalue weighted by atomic mass is 19.1. The number of fused-ring (bicyclic) bond motifs is 1. The van der Waals surface area contributed by atoms with Gasteiger partial charge in [-0.2, -0.15) is 0 Å². The maximum absolute atomic E-state index is 13.1. The summed E-state index contributed by atoms with van der Waals surface area (Å²) >= 11 is 0. The number of hydrogen-bond acceptors (Lipinski definition) is 2. The predicted octanol–water partition coefficient (Wildman–Crippen LogP) is 1.36. The summed E-state index contributed by atoms with van der Waals surface area (Å²) in [7, 11) is 0. The predicted molar refractivity (Wildman–Crippen MR) is 59.2 cm³/mol. The zero-order valence-electron chi connectivity index (χ0n) is 8.89. The summed E-state index contributed by atoms with van der Waals surface area (Å²) < 4.78 is 13.1. The molecular weight excluding hydrogens is 225 g/mol. The van der Waals surface area contributed by atoms with E-state index in [9.17, 15) is 14.0 Å². The Morgan fingerprint density at radius 2 is 2.12 bits per heavy atom. The molecule has 1 amide bonds. The van der Waals surface area contributed by atoms with Gasteiger partial charge in [0.2, 0.25) is 0 Å². The lowest BCUT2D eigenvalue weighted by Gasteiger charge is -2.14. The van der Waals surface area contributed by atoms with Gasteiger partial charge in [0.15, 0.2) is 0 Å².